The van der Waals surface area contributed by atoms with Crippen molar-refractivity contribution >= 4 is 45.0 Å². The molecule has 31 heavy (non-hydrogen) atoms. The lowest BCUT2D eigenvalue weighted by Gasteiger charge is -2.20. The quantitative estimate of drug-likeness (QED) is 0.365. The summed E-state index contributed by atoms with van der Waals surface area (Å²) in [6, 6.07) is 10.2. The van der Waals surface area contributed by atoms with E-state index in [1.807, 2.05) is 41.6 Å². The van der Waals surface area contributed by atoms with E-state index in [9.17, 15) is 4.79 Å². The first kappa shape index (κ1) is 23.0. The number of benzene rings is 2. The predicted octanol–water partition coefficient (Wildman–Crippen LogP) is 5.89. The van der Waals surface area contributed by atoms with E-state index in [0.29, 0.717) is 12.1 Å². The minimum absolute atomic E-state index is 0. The fourth-order valence-electron chi connectivity index (χ4n) is 3.70. The number of aromatic nitrogens is 3. The molecule has 2 aromatic heterocycles. The first-order chi connectivity index (χ1) is 14.4. The second kappa shape index (κ2) is 9.62. The van der Waals surface area contributed by atoms with Crippen LogP contribution in [-0.2, 0) is 6.54 Å². The molecule has 4 aromatic rings. The van der Waals surface area contributed by atoms with E-state index in [4.69, 9.17) is 4.98 Å². The molecule has 0 radical (unpaired) electrons. The molecule has 0 aliphatic heterocycles. The Morgan fingerprint density at radius 2 is 1.84 bits per heavy atom. The van der Waals surface area contributed by atoms with Gasteiger partial charge in [-0.3, -0.25) is 9.69 Å². The number of nitrogens with zero attached hydrogens (tertiary/aromatic N) is 4. The number of imidazole rings is 1. The van der Waals surface area contributed by atoms with Crippen molar-refractivity contribution in [2.75, 3.05) is 11.4 Å². The number of thiazole rings is 1. The van der Waals surface area contributed by atoms with Crippen molar-refractivity contribution < 1.29 is 4.79 Å². The Bertz CT molecular complexity index is 1180. The summed E-state index contributed by atoms with van der Waals surface area (Å²) in [6.45, 7) is 9.64. The maximum Gasteiger partial charge on any atom is 0.260 e. The van der Waals surface area contributed by atoms with Gasteiger partial charge in [-0.1, -0.05) is 34.6 Å². The first-order valence-electron chi connectivity index (χ1n) is 10.1. The molecule has 0 bridgehead atoms. The van der Waals surface area contributed by atoms with Gasteiger partial charge in [-0.25, -0.2) is 9.97 Å². The maximum absolute atomic E-state index is 13.5. The number of aryl methyl sites for hydroxylation is 5. The molecular weight excluding hydrogens is 428 g/mol. The fraction of sp³-hybridized carbons (Fsp3) is 0.292. The highest BCUT2D eigenvalue weighted by molar-refractivity contribution is 7.22. The number of amides is 1. The smallest absolute Gasteiger partial charge is 0.260 e. The Hall–Kier alpha value is -2.70. The zero-order chi connectivity index (χ0) is 21.3. The monoisotopic (exact) mass is 454 g/mol. The summed E-state index contributed by atoms with van der Waals surface area (Å²) in [6.07, 6.45) is 6.34. The molecule has 4 rings (SSSR count). The summed E-state index contributed by atoms with van der Waals surface area (Å²) >= 11 is 1.58. The second-order valence-corrected chi connectivity index (χ2v) is 8.85. The van der Waals surface area contributed by atoms with Crippen LogP contribution >= 0.6 is 23.7 Å². The summed E-state index contributed by atoms with van der Waals surface area (Å²) in [5.74, 6) is 0.000798. The van der Waals surface area contributed by atoms with Crippen molar-refractivity contribution in [3.8, 4) is 0 Å². The van der Waals surface area contributed by atoms with Gasteiger partial charge in [-0.15, -0.1) is 12.4 Å². The highest BCUT2D eigenvalue weighted by atomic mass is 35.5. The van der Waals surface area contributed by atoms with Crippen LogP contribution in [0.25, 0.3) is 10.2 Å². The number of hydrogen-bond donors (Lipinski definition) is 0. The van der Waals surface area contributed by atoms with E-state index < -0.39 is 0 Å². The standard InChI is InChI=1S/C24H26N4OS.ClH/c1-16-12-17(2)14-20(13-16)23(29)28(10-5-9-27-11-8-25-15-27)24-26-22-19(4)18(3)6-7-21(22)30-24;/h6-8,11-15H,5,9-10H2,1-4H3;1H. The van der Waals surface area contributed by atoms with Crippen LogP contribution in [-0.4, -0.2) is 27.0 Å². The Morgan fingerprint density at radius 1 is 1.10 bits per heavy atom. The zero-order valence-electron chi connectivity index (χ0n) is 18.3. The van der Waals surface area contributed by atoms with Crippen LogP contribution < -0.4 is 4.90 Å². The third-order valence-corrected chi connectivity index (χ3v) is 6.42. The van der Waals surface area contributed by atoms with Crippen LogP contribution in [0.5, 0.6) is 0 Å². The molecule has 0 N–H and O–H groups in total. The van der Waals surface area contributed by atoms with Crippen LogP contribution in [0.15, 0.2) is 49.1 Å². The summed E-state index contributed by atoms with van der Waals surface area (Å²) in [4.78, 5) is 24.4. The number of fused-ring (bicyclic) bond motifs is 1. The molecule has 0 saturated carbocycles. The van der Waals surface area contributed by atoms with Gasteiger partial charge in [0.2, 0.25) is 0 Å². The molecule has 5 nitrogen and oxygen atoms in total. The van der Waals surface area contributed by atoms with E-state index in [1.54, 1.807) is 23.9 Å². The first-order valence-corrected chi connectivity index (χ1v) is 11.0. The fourth-order valence-corrected chi connectivity index (χ4v) is 4.75. The summed E-state index contributed by atoms with van der Waals surface area (Å²) in [5, 5.41) is 0.758. The maximum atomic E-state index is 13.5. The summed E-state index contributed by atoms with van der Waals surface area (Å²) in [7, 11) is 0. The van der Waals surface area contributed by atoms with Gasteiger partial charge in [0, 0.05) is 31.0 Å². The van der Waals surface area contributed by atoms with Crippen molar-refractivity contribution in [3.05, 3.63) is 76.9 Å². The summed E-state index contributed by atoms with van der Waals surface area (Å²) in [5.41, 5.74) is 6.27. The van der Waals surface area contributed by atoms with Crippen molar-refractivity contribution in [2.24, 2.45) is 0 Å². The van der Waals surface area contributed by atoms with Gasteiger partial charge in [0.15, 0.2) is 5.13 Å². The van der Waals surface area contributed by atoms with Gasteiger partial charge in [-0.2, -0.15) is 0 Å². The van der Waals surface area contributed by atoms with Gasteiger partial charge in [0.1, 0.15) is 0 Å². The van der Waals surface area contributed by atoms with E-state index >= 15 is 0 Å². The molecule has 0 unspecified atom stereocenters. The average Bonchev–Trinajstić information content (AvgIpc) is 3.37. The lowest BCUT2D eigenvalue weighted by Crippen LogP contribution is -2.32. The Balaban J connectivity index is 0.00000272. The van der Waals surface area contributed by atoms with Gasteiger partial charge in [0.05, 0.1) is 16.5 Å². The summed E-state index contributed by atoms with van der Waals surface area (Å²) < 4.78 is 3.15. The van der Waals surface area contributed by atoms with E-state index in [-0.39, 0.29) is 18.3 Å². The molecule has 0 fully saturated rings. The lowest BCUT2D eigenvalue weighted by atomic mass is 10.1. The highest BCUT2D eigenvalue weighted by Crippen LogP contribution is 2.33. The number of hydrogen-bond acceptors (Lipinski definition) is 4. The van der Waals surface area contributed by atoms with Gasteiger partial charge >= 0.3 is 0 Å². The third-order valence-electron chi connectivity index (χ3n) is 5.38. The van der Waals surface area contributed by atoms with Crippen LogP contribution in [0.3, 0.4) is 0 Å². The molecule has 2 heterocycles. The molecular formula is C24H27ClN4OS. The molecule has 0 aliphatic carbocycles. The van der Waals surface area contributed by atoms with E-state index in [2.05, 4.69) is 37.0 Å². The number of rotatable bonds is 6. The number of anilines is 1. The predicted molar refractivity (Wildman–Crippen MR) is 131 cm³/mol. The number of halogens is 1. The number of carbonyl (C=O) groups is 1. The highest BCUT2D eigenvalue weighted by Gasteiger charge is 2.22. The molecule has 0 aliphatic rings. The average molecular weight is 455 g/mol. The van der Waals surface area contributed by atoms with Crippen LogP contribution in [0.2, 0.25) is 0 Å². The third kappa shape index (κ3) is 4.97. The van der Waals surface area contributed by atoms with E-state index in [1.165, 1.54) is 11.1 Å². The zero-order valence-corrected chi connectivity index (χ0v) is 19.9. The van der Waals surface area contributed by atoms with Gasteiger partial charge < -0.3 is 4.57 Å². The molecule has 1 amide bonds. The van der Waals surface area contributed by atoms with Gasteiger partial charge in [-0.05, 0) is 63.4 Å². The van der Waals surface area contributed by atoms with Crippen molar-refractivity contribution in [1.82, 2.24) is 14.5 Å². The molecule has 7 heteroatoms. The molecule has 0 atom stereocenters. The Morgan fingerprint density at radius 3 is 2.52 bits per heavy atom. The normalized spacial score (nSPS) is 10.8. The van der Waals surface area contributed by atoms with Crippen molar-refractivity contribution in [2.45, 2.75) is 40.7 Å². The minimum atomic E-state index is 0. The van der Waals surface area contributed by atoms with Crippen molar-refractivity contribution in [1.29, 1.82) is 0 Å². The van der Waals surface area contributed by atoms with Crippen LogP contribution in [0.4, 0.5) is 5.13 Å². The van der Waals surface area contributed by atoms with Crippen LogP contribution in [0, 0.1) is 27.7 Å². The number of carbonyl (C=O) groups excluding carboxylic acids is 1. The lowest BCUT2D eigenvalue weighted by molar-refractivity contribution is 0.0986. The Kier molecular flexibility index (Phi) is 7.13. The largest absolute Gasteiger partial charge is 0.337 e. The van der Waals surface area contributed by atoms with E-state index in [0.717, 1.165) is 39.4 Å². The van der Waals surface area contributed by atoms with Crippen molar-refractivity contribution in [3.63, 3.8) is 0 Å². The second-order valence-electron chi connectivity index (χ2n) is 7.84. The van der Waals surface area contributed by atoms with Gasteiger partial charge in [0.25, 0.3) is 5.91 Å². The molecule has 0 saturated heterocycles. The molecule has 2 aromatic carbocycles. The molecule has 0 spiro atoms. The topological polar surface area (TPSA) is 51.0 Å². The SMILES string of the molecule is Cc1cc(C)cc(C(=O)N(CCCn2ccnc2)c2nc3c(C)c(C)ccc3s2)c1.Cl. The molecule has 162 valence electrons. The minimum Gasteiger partial charge on any atom is -0.337 e. The van der Waals surface area contributed by atoms with Crippen LogP contribution in [0.1, 0.15) is 39.0 Å². The Labute approximate surface area is 193 Å².